The summed E-state index contributed by atoms with van der Waals surface area (Å²) in [5.41, 5.74) is 0.139. The van der Waals surface area contributed by atoms with Crippen LogP contribution in [-0.2, 0) is 0 Å². The van der Waals surface area contributed by atoms with Gasteiger partial charge in [-0.1, -0.05) is 12.1 Å². The fourth-order valence-electron chi connectivity index (χ4n) is 4.03. The number of para-hydroxylation sites is 1. The second-order valence-corrected chi connectivity index (χ2v) is 9.32. The van der Waals surface area contributed by atoms with Gasteiger partial charge in [-0.25, -0.2) is 18.7 Å². The Morgan fingerprint density at radius 1 is 1.16 bits per heavy atom. The smallest absolute Gasteiger partial charge is 0.244 e. The maximum absolute atomic E-state index is 13.3. The third-order valence-electron chi connectivity index (χ3n) is 5.92. The largest absolute Gasteiger partial charge is 0.388 e. The van der Waals surface area contributed by atoms with E-state index in [1.807, 2.05) is 31.2 Å². The molecule has 164 valence electrons. The van der Waals surface area contributed by atoms with E-state index >= 15 is 0 Å². The van der Waals surface area contributed by atoms with Gasteiger partial charge < -0.3 is 20.8 Å². The molecule has 2 aliphatic carbocycles. The van der Waals surface area contributed by atoms with Crippen LogP contribution in [0.4, 0.5) is 20.5 Å². The van der Waals surface area contributed by atoms with Crippen molar-refractivity contribution in [1.82, 2.24) is 15.0 Å². The summed E-state index contributed by atoms with van der Waals surface area (Å²) < 4.78 is 27.5. The van der Waals surface area contributed by atoms with E-state index in [1.54, 1.807) is 0 Å². The SMILES string of the molecule is Cc1nc(NC2CC2)nc(NC2(O)CCC(C(F)F)C2O)c1-c1nc2ccccc2s1. The molecule has 3 unspecified atom stereocenters. The molecular formula is C21H23F2N5O2S. The molecule has 0 saturated heterocycles. The molecule has 0 radical (unpaired) electrons. The monoisotopic (exact) mass is 447 g/mol. The van der Waals surface area contributed by atoms with Gasteiger partial charge in [-0.2, -0.15) is 4.98 Å². The number of aliphatic hydroxyl groups is 2. The summed E-state index contributed by atoms with van der Waals surface area (Å²) in [6.45, 7) is 1.82. The van der Waals surface area contributed by atoms with Crippen LogP contribution >= 0.6 is 11.3 Å². The molecule has 31 heavy (non-hydrogen) atoms. The number of fused-ring (bicyclic) bond motifs is 1. The summed E-state index contributed by atoms with van der Waals surface area (Å²) in [5, 5.41) is 28.2. The average molecular weight is 448 g/mol. The number of aryl methyl sites for hydroxylation is 1. The van der Waals surface area contributed by atoms with Gasteiger partial charge in [-0.15, -0.1) is 11.3 Å². The van der Waals surface area contributed by atoms with E-state index in [4.69, 9.17) is 0 Å². The number of aliphatic hydroxyl groups excluding tert-OH is 1. The number of rotatable bonds is 6. The van der Waals surface area contributed by atoms with Crippen LogP contribution in [0.1, 0.15) is 31.4 Å². The maximum Gasteiger partial charge on any atom is 0.244 e. The molecule has 0 aliphatic heterocycles. The highest BCUT2D eigenvalue weighted by Gasteiger charge is 2.50. The topological polar surface area (TPSA) is 103 Å². The highest BCUT2D eigenvalue weighted by molar-refractivity contribution is 7.21. The summed E-state index contributed by atoms with van der Waals surface area (Å²) in [6, 6.07) is 8.01. The van der Waals surface area contributed by atoms with Gasteiger partial charge >= 0.3 is 0 Å². The van der Waals surface area contributed by atoms with E-state index in [9.17, 15) is 19.0 Å². The minimum atomic E-state index is -2.71. The molecule has 2 heterocycles. The average Bonchev–Trinajstić information content (AvgIpc) is 3.34. The van der Waals surface area contributed by atoms with Crippen LogP contribution in [0, 0.1) is 12.8 Å². The van der Waals surface area contributed by atoms with Gasteiger partial charge in [0.1, 0.15) is 16.9 Å². The normalized spacial score (nSPS) is 26.0. The number of halogens is 2. The molecule has 7 nitrogen and oxygen atoms in total. The highest BCUT2D eigenvalue weighted by atomic mass is 32.1. The van der Waals surface area contributed by atoms with E-state index in [2.05, 4.69) is 25.6 Å². The van der Waals surface area contributed by atoms with Crippen molar-refractivity contribution in [2.75, 3.05) is 10.6 Å². The molecule has 0 spiro atoms. The van der Waals surface area contributed by atoms with Crippen LogP contribution in [0.2, 0.25) is 0 Å². The van der Waals surface area contributed by atoms with Gasteiger partial charge in [0.2, 0.25) is 12.4 Å². The zero-order valence-corrected chi connectivity index (χ0v) is 17.7. The number of benzene rings is 1. The molecule has 10 heteroatoms. The van der Waals surface area contributed by atoms with Gasteiger partial charge in [-0.3, -0.25) is 0 Å². The lowest BCUT2D eigenvalue weighted by molar-refractivity contribution is -0.0763. The van der Waals surface area contributed by atoms with E-state index < -0.39 is 24.2 Å². The molecule has 2 aromatic heterocycles. The predicted molar refractivity (Wildman–Crippen MR) is 115 cm³/mol. The van der Waals surface area contributed by atoms with Crippen LogP contribution < -0.4 is 10.6 Å². The first kappa shape index (κ1) is 20.5. The summed E-state index contributed by atoms with van der Waals surface area (Å²) in [7, 11) is 0. The first-order chi connectivity index (χ1) is 14.8. The Labute approximate surface area is 181 Å². The summed E-state index contributed by atoms with van der Waals surface area (Å²) in [5.74, 6) is -0.629. The second-order valence-electron chi connectivity index (χ2n) is 8.29. The van der Waals surface area contributed by atoms with Crippen LogP contribution in [0.25, 0.3) is 20.8 Å². The Morgan fingerprint density at radius 2 is 1.94 bits per heavy atom. The van der Waals surface area contributed by atoms with E-state index in [0.717, 1.165) is 23.1 Å². The Hall–Kier alpha value is -2.43. The van der Waals surface area contributed by atoms with Crippen molar-refractivity contribution >= 4 is 33.3 Å². The fraction of sp³-hybridized carbons (Fsp3) is 0.476. The number of aromatic nitrogens is 3. The Morgan fingerprint density at radius 3 is 2.61 bits per heavy atom. The second kappa shape index (κ2) is 7.61. The van der Waals surface area contributed by atoms with Crippen molar-refractivity contribution in [2.45, 2.75) is 56.9 Å². The van der Waals surface area contributed by atoms with Gasteiger partial charge in [0.25, 0.3) is 0 Å². The van der Waals surface area contributed by atoms with Crippen LogP contribution in [-0.4, -0.2) is 49.5 Å². The lowest BCUT2D eigenvalue weighted by Gasteiger charge is -2.31. The van der Waals surface area contributed by atoms with Gasteiger partial charge in [0.15, 0.2) is 5.72 Å². The van der Waals surface area contributed by atoms with Gasteiger partial charge in [0, 0.05) is 6.04 Å². The molecule has 2 saturated carbocycles. The number of thiazole rings is 1. The number of nitrogens with one attached hydrogen (secondary N) is 2. The Kier molecular flexibility index (Phi) is 5.03. The minimum absolute atomic E-state index is 0.00997. The van der Waals surface area contributed by atoms with Crippen molar-refractivity contribution in [3.05, 3.63) is 30.0 Å². The zero-order valence-electron chi connectivity index (χ0n) is 16.8. The van der Waals surface area contributed by atoms with Crippen molar-refractivity contribution in [1.29, 1.82) is 0 Å². The molecule has 2 fully saturated rings. The minimum Gasteiger partial charge on any atom is -0.388 e. The van der Waals surface area contributed by atoms with Crippen molar-refractivity contribution in [2.24, 2.45) is 5.92 Å². The number of anilines is 2. The van der Waals surface area contributed by atoms with Crippen LogP contribution in [0.15, 0.2) is 24.3 Å². The molecule has 0 bridgehead atoms. The van der Waals surface area contributed by atoms with Crippen LogP contribution in [0.3, 0.4) is 0 Å². The fourth-order valence-corrected chi connectivity index (χ4v) is 5.09. The van der Waals surface area contributed by atoms with Crippen LogP contribution in [0.5, 0.6) is 0 Å². The number of alkyl halides is 2. The van der Waals surface area contributed by atoms with E-state index in [-0.39, 0.29) is 18.7 Å². The Bertz CT molecular complexity index is 1090. The zero-order chi connectivity index (χ0) is 21.8. The number of nitrogens with zero attached hydrogens (tertiary/aromatic N) is 3. The molecule has 0 amide bonds. The summed E-state index contributed by atoms with van der Waals surface area (Å²) >= 11 is 1.46. The van der Waals surface area contributed by atoms with Gasteiger partial charge in [0.05, 0.1) is 27.4 Å². The van der Waals surface area contributed by atoms with Crippen molar-refractivity contribution < 1.29 is 19.0 Å². The lowest BCUT2D eigenvalue weighted by Crippen LogP contribution is -2.48. The summed E-state index contributed by atoms with van der Waals surface area (Å²) in [4.78, 5) is 13.8. The summed E-state index contributed by atoms with van der Waals surface area (Å²) in [6.07, 6.45) is -2.28. The Balaban J connectivity index is 1.57. The van der Waals surface area contributed by atoms with Crippen molar-refractivity contribution in [3.63, 3.8) is 0 Å². The third-order valence-corrected chi connectivity index (χ3v) is 6.97. The molecular weight excluding hydrogens is 424 g/mol. The van der Waals surface area contributed by atoms with E-state index in [0.29, 0.717) is 28.3 Å². The lowest BCUT2D eigenvalue weighted by atomic mass is 10.0. The predicted octanol–water partition coefficient (Wildman–Crippen LogP) is 3.77. The molecule has 2 aliphatic rings. The molecule has 5 rings (SSSR count). The number of hydrogen-bond acceptors (Lipinski definition) is 8. The molecule has 3 atom stereocenters. The first-order valence-electron chi connectivity index (χ1n) is 10.3. The van der Waals surface area contributed by atoms with Gasteiger partial charge in [-0.05, 0) is 44.7 Å². The molecule has 3 aromatic rings. The highest BCUT2D eigenvalue weighted by Crippen LogP contribution is 2.42. The molecule has 1 aromatic carbocycles. The standard InChI is InChI=1S/C21H23F2N5O2S/c1-10-15(19-26-13-4-2-3-5-14(13)31-19)18(27-20(24-10)25-11-6-7-11)28-21(30)9-8-12(16(21)29)17(22)23/h2-5,11-12,16-17,29-30H,6-9H2,1H3,(H2,24,25,27,28). The van der Waals surface area contributed by atoms with Crippen molar-refractivity contribution in [3.8, 4) is 10.6 Å². The number of hydrogen-bond donors (Lipinski definition) is 4. The molecule has 4 N–H and O–H groups in total. The quantitative estimate of drug-likeness (QED) is 0.427. The maximum atomic E-state index is 13.3. The third kappa shape index (κ3) is 3.83. The van der Waals surface area contributed by atoms with E-state index in [1.165, 1.54) is 11.3 Å². The first-order valence-corrected chi connectivity index (χ1v) is 11.1.